The Morgan fingerprint density at radius 2 is 1.00 bits per heavy atom. The Hall–Kier alpha value is -5.77. The number of hydrogen-bond acceptors (Lipinski definition) is 6. The van der Waals surface area contributed by atoms with Crippen LogP contribution in [0.4, 0.5) is 0 Å². The Balaban J connectivity index is 0.00000400. The van der Waals surface area contributed by atoms with Gasteiger partial charge in [-0.2, -0.15) is 0 Å². The minimum atomic E-state index is 0. The van der Waals surface area contributed by atoms with Crippen LogP contribution in [0.3, 0.4) is 0 Å². The molecule has 6 aliphatic heterocycles. The van der Waals surface area contributed by atoms with Gasteiger partial charge in [-0.3, -0.25) is 0 Å². The van der Waals surface area contributed by atoms with Crippen LogP contribution in [0.25, 0.3) is 62.6 Å². The summed E-state index contributed by atoms with van der Waals surface area (Å²) in [6, 6.07) is 10.7. The molecule has 3 aromatic rings. The first-order chi connectivity index (χ1) is 25.3. The van der Waals surface area contributed by atoms with Crippen molar-refractivity contribution < 1.29 is 16.8 Å². The molecule has 0 unspecified atom stereocenters. The smallest absolute Gasteiger partial charge is 0.0815 e. The Kier molecular flexibility index (Phi) is 9.06. The predicted octanol–water partition coefficient (Wildman–Crippen LogP) is 7.94. The molecule has 0 atom stereocenters. The number of fused-ring (bicyclic) bond motifs is 8. The van der Waals surface area contributed by atoms with Crippen molar-refractivity contribution in [1.82, 2.24) is 39.5 Å². The number of likely N-dealkylation sites (N-methyl/N-ethyl adjacent to an activating group) is 4. The first-order valence-electron chi connectivity index (χ1n) is 17.9. The summed E-state index contributed by atoms with van der Waals surface area (Å²) < 4.78 is 0. The van der Waals surface area contributed by atoms with Crippen LogP contribution < -0.4 is 0 Å². The summed E-state index contributed by atoms with van der Waals surface area (Å²) in [5, 5.41) is 0. The predicted molar refractivity (Wildman–Crippen MR) is 217 cm³/mol. The van der Waals surface area contributed by atoms with Crippen LogP contribution in [0.15, 0.2) is 109 Å². The molecule has 8 nitrogen and oxygen atoms in total. The average molecular weight is 742 g/mol. The molecule has 9 heteroatoms. The third-order valence-electron chi connectivity index (χ3n) is 10.2. The molecular weight excluding hydrogens is 699 g/mol. The summed E-state index contributed by atoms with van der Waals surface area (Å²) in [4.78, 5) is 27.0. The molecule has 0 spiro atoms. The zero-order valence-corrected chi connectivity index (χ0v) is 31.4. The van der Waals surface area contributed by atoms with E-state index >= 15 is 0 Å². The minimum absolute atomic E-state index is 0. The second-order valence-electron chi connectivity index (χ2n) is 14.2. The molecule has 0 aliphatic carbocycles. The molecule has 8 bridgehead atoms. The number of allylic oxidation sites excluding steroid dienone is 9. The molecule has 0 saturated heterocycles. The molecule has 0 saturated carbocycles. The number of aromatic amines is 2. The first kappa shape index (κ1) is 34.3. The van der Waals surface area contributed by atoms with Crippen molar-refractivity contribution in [2.45, 2.75) is 0 Å². The maximum Gasteiger partial charge on any atom is 0.0815 e. The summed E-state index contributed by atoms with van der Waals surface area (Å²) in [6.07, 6.45) is 33.4. The molecule has 9 rings (SSSR count). The van der Waals surface area contributed by atoms with E-state index < -0.39 is 0 Å². The van der Waals surface area contributed by atoms with Crippen molar-refractivity contribution in [3.63, 3.8) is 0 Å². The van der Waals surface area contributed by atoms with Crippen LogP contribution in [0.5, 0.6) is 0 Å². The van der Waals surface area contributed by atoms with Crippen molar-refractivity contribution in [3.05, 3.63) is 149 Å². The fraction of sp³-hybridized carbons (Fsp3) is 0.182. The molecule has 0 amide bonds. The Morgan fingerprint density at radius 3 is 1.55 bits per heavy atom. The van der Waals surface area contributed by atoms with Gasteiger partial charge in [0, 0.05) is 110 Å². The normalized spacial score (nSPS) is 17.8. The Morgan fingerprint density at radius 1 is 0.509 bits per heavy atom. The second kappa shape index (κ2) is 14.0. The van der Waals surface area contributed by atoms with Crippen LogP contribution in [0, 0.1) is 0 Å². The number of hydrogen-bond donors (Lipinski definition) is 2. The number of nitrogens with one attached hydrogen (secondary N) is 2. The number of nitrogens with zero attached hydrogens (tertiary/aromatic N) is 6. The van der Waals surface area contributed by atoms with Crippen molar-refractivity contribution in [2.75, 3.05) is 54.4 Å². The summed E-state index contributed by atoms with van der Waals surface area (Å²) >= 11 is 0. The molecular formula is C44H42CoN8. The SMILES string of the molecule is CN1C=CC(C2=Cc3cc4ccc(cc5nc(cc6[nH]c(c(C7=CCN(C)C=C7)c2n3)c(C2=CCN(C)C=C2)c6C2=CCN(C)C=C2)C=C5)[nH]4)=CC1.[Co]. The standard InChI is InChI=1S/C44H42N8.Co/c1-49-17-9-29(10-18-49)38-27-37-26-35-6-5-33(45-35)25-34-7-8-36(46-34)28-39-40(30-11-19-50(2)20-12-30)41(31-13-21-51(3)22-14-31)44(48-39)42(43(38)47-37)32-15-23-52(4)24-16-32;/h5-17,19,21,23,25-28,45,48H,18,20,22,24H2,1-4H3;. The fourth-order valence-electron chi connectivity index (χ4n) is 7.42. The second-order valence-corrected chi connectivity index (χ2v) is 14.2. The van der Waals surface area contributed by atoms with Crippen molar-refractivity contribution in [2.24, 2.45) is 0 Å². The van der Waals surface area contributed by atoms with E-state index in [2.05, 4.69) is 180 Å². The van der Waals surface area contributed by atoms with Crippen LogP contribution in [-0.2, 0) is 16.8 Å². The Labute approximate surface area is 320 Å². The van der Waals surface area contributed by atoms with Crippen molar-refractivity contribution in [3.8, 4) is 0 Å². The first-order valence-corrected chi connectivity index (χ1v) is 17.9. The van der Waals surface area contributed by atoms with E-state index in [1.807, 2.05) is 0 Å². The maximum absolute atomic E-state index is 5.52. The molecule has 0 aromatic carbocycles. The Bertz CT molecular complexity index is 2490. The van der Waals surface area contributed by atoms with Crippen molar-refractivity contribution >= 4 is 62.6 Å². The zero-order valence-electron chi connectivity index (χ0n) is 30.4. The fourth-order valence-corrected chi connectivity index (χ4v) is 7.42. The van der Waals surface area contributed by atoms with E-state index in [9.17, 15) is 0 Å². The maximum atomic E-state index is 5.52. The van der Waals surface area contributed by atoms with Gasteiger partial charge in [0.25, 0.3) is 0 Å². The third kappa shape index (κ3) is 6.69. The van der Waals surface area contributed by atoms with Gasteiger partial charge in [-0.25, -0.2) is 9.97 Å². The molecule has 3 aromatic heterocycles. The van der Waals surface area contributed by atoms with E-state index in [1.165, 1.54) is 27.8 Å². The van der Waals surface area contributed by atoms with Gasteiger partial charge in [0.05, 0.1) is 28.3 Å². The number of aromatic nitrogens is 4. The van der Waals surface area contributed by atoms with E-state index in [0.717, 1.165) is 87.7 Å². The summed E-state index contributed by atoms with van der Waals surface area (Å²) in [5.74, 6) is 0. The third-order valence-corrected chi connectivity index (χ3v) is 10.2. The van der Waals surface area contributed by atoms with Gasteiger partial charge >= 0.3 is 0 Å². The van der Waals surface area contributed by atoms with E-state index in [-0.39, 0.29) is 16.8 Å². The molecule has 6 aliphatic rings. The summed E-state index contributed by atoms with van der Waals surface area (Å²) in [7, 11) is 8.45. The van der Waals surface area contributed by atoms with Gasteiger partial charge in [-0.1, -0.05) is 24.3 Å². The van der Waals surface area contributed by atoms with Gasteiger partial charge in [0.2, 0.25) is 0 Å². The molecule has 2 N–H and O–H groups in total. The minimum Gasteiger partial charge on any atom is -0.377 e. The van der Waals surface area contributed by atoms with Gasteiger partial charge in [-0.15, -0.1) is 0 Å². The molecule has 0 fully saturated rings. The van der Waals surface area contributed by atoms with Crippen molar-refractivity contribution in [1.29, 1.82) is 0 Å². The molecule has 53 heavy (non-hydrogen) atoms. The van der Waals surface area contributed by atoms with Gasteiger partial charge in [0.15, 0.2) is 0 Å². The van der Waals surface area contributed by atoms with Gasteiger partial charge in [0.1, 0.15) is 0 Å². The summed E-state index contributed by atoms with van der Waals surface area (Å²) in [5.41, 5.74) is 16.9. The molecule has 9 heterocycles. The largest absolute Gasteiger partial charge is 0.377 e. The van der Waals surface area contributed by atoms with E-state index in [1.54, 1.807) is 0 Å². The number of rotatable bonds is 4. The van der Waals surface area contributed by atoms with Crippen LogP contribution in [0.1, 0.15) is 39.5 Å². The molecule has 1 radical (unpaired) electrons. The van der Waals surface area contributed by atoms with Crippen LogP contribution in [-0.4, -0.2) is 93.9 Å². The molecule has 267 valence electrons. The van der Waals surface area contributed by atoms with Gasteiger partial charge in [-0.05, 0) is 120 Å². The summed E-state index contributed by atoms with van der Waals surface area (Å²) in [6.45, 7) is 3.28. The quantitative estimate of drug-likeness (QED) is 0.222. The number of H-pyrrole nitrogens is 2. The monoisotopic (exact) mass is 741 g/mol. The van der Waals surface area contributed by atoms with Crippen LogP contribution in [0.2, 0.25) is 0 Å². The average Bonchev–Trinajstić information content (AvgIpc) is 3.95. The van der Waals surface area contributed by atoms with Crippen LogP contribution >= 0.6 is 0 Å². The topological polar surface area (TPSA) is 70.3 Å². The van der Waals surface area contributed by atoms with Gasteiger partial charge < -0.3 is 29.6 Å². The zero-order chi connectivity index (χ0) is 35.3. The van der Waals surface area contributed by atoms with E-state index in [4.69, 9.17) is 9.97 Å². The van der Waals surface area contributed by atoms with E-state index in [0.29, 0.717) is 0 Å².